The Morgan fingerprint density at radius 1 is 0.338 bits per heavy atom. The first-order valence-electron chi connectivity index (χ1n) is 29.0. The summed E-state index contributed by atoms with van der Waals surface area (Å²) < 4.78 is 24.0. The highest BCUT2D eigenvalue weighted by Gasteiger charge is 2.41. The summed E-state index contributed by atoms with van der Waals surface area (Å²) in [5, 5.41) is 5.06. The van der Waals surface area contributed by atoms with E-state index in [0.717, 1.165) is 125 Å². The molecule has 0 bridgehead atoms. The molecule has 0 saturated carbocycles. The molecule has 12 nitrogen and oxygen atoms in total. The van der Waals surface area contributed by atoms with Crippen LogP contribution in [0.25, 0.3) is 0 Å². The number of aliphatic imine (C=N–C) groups is 8. The van der Waals surface area contributed by atoms with E-state index < -0.39 is 8.07 Å². The van der Waals surface area contributed by atoms with E-state index in [-0.39, 0.29) is 49.1 Å². The summed E-state index contributed by atoms with van der Waals surface area (Å²) in [6.07, 6.45) is 32.0. The van der Waals surface area contributed by atoms with Gasteiger partial charge < -0.3 is 18.9 Å². The fourth-order valence-corrected chi connectivity index (χ4v) is 14.9. The maximum absolute atomic E-state index is 6.00. The molecular weight excluding hydrogens is 973 g/mol. The molecule has 77 heavy (non-hydrogen) atoms. The Morgan fingerprint density at radius 2 is 0.558 bits per heavy atom. The third-order valence-corrected chi connectivity index (χ3v) is 19.6. The summed E-state index contributed by atoms with van der Waals surface area (Å²) in [6, 6.07) is 36.7. The van der Waals surface area contributed by atoms with Gasteiger partial charge in [0.05, 0.1) is 50.6 Å². The molecule has 0 amide bonds. The topological polar surface area (TPSA) is 136 Å². The van der Waals surface area contributed by atoms with E-state index in [0.29, 0.717) is 26.4 Å². The first kappa shape index (κ1) is 57.5. The van der Waals surface area contributed by atoms with Crippen LogP contribution < -0.4 is 20.7 Å². The minimum Gasteiger partial charge on any atom is -0.354 e. The van der Waals surface area contributed by atoms with E-state index in [4.69, 9.17) is 38.9 Å². The number of hydrogen-bond donors (Lipinski definition) is 0. The first-order valence-corrected chi connectivity index (χ1v) is 31.0. The molecule has 13 heteroatoms. The Balaban J connectivity index is 1.10. The van der Waals surface area contributed by atoms with E-state index in [1.54, 1.807) is 0 Å². The van der Waals surface area contributed by atoms with E-state index >= 15 is 0 Å². The molecule has 0 spiro atoms. The maximum atomic E-state index is 6.00. The van der Waals surface area contributed by atoms with E-state index in [1.165, 1.54) is 20.7 Å². The predicted octanol–water partition coefficient (Wildman–Crippen LogP) is 10.2. The van der Waals surface area contributed by atoms with Crippen molar-refractivity contribution in [3.8, 4) is 0 Å². The zero-order valence-corrected chi connectivity index (χ0v) is 47.3. The molecule has 408 valence electrons. The standard InChI is InChI=1S/C64H84N8O4Si/c1-5-9-13-33-65-61-37-53(45-73-61)69-41-49-17-25-57(26-18-49)77(58-27-19-50(20-28-58)42-70-54-38-62(74-46-54)66-34-14-10-6-2,59-29-21-51(22-30-59)43-71-55-39-63(75-47-55)67-35-15-11-7-3)60-31-23-52(24-32-60)44-72-56-40-64(76-48-56)68-36-16-12-8-4/h17-36,41-44,53-56,61-64H,5-16,37-40,45-48H2,1-4H3/b65-33+,66-34+,67-35+,68-36+,69-41?,70-42?,71-43?,72-44?. The number of benzene rings is 4. The van der Waals surface area contributed by atoms with Gasteiger partial charge in [0.15, 0.2) is 8.07 Å². The number of ether oxygens (including phenoxy) is 4. The molecule has 4 aromatic carbocycles. The van der Waals surface area contributed by atoms with E-state index in [2.05, 4.69) is 145 Å². The second-order valence-electron chi connectivity index (χ2n) is 21.0. The van der Waals surface area contributed by atoms with Gasteiger partial charge in [0.25, 0.3) is 0 Å². The monoisotopic (exact) mass is 1060 g/mol. The van der Waals surface area contributed by atoms with Crippen LogP contribution in [0.4, 0.5) is 0 Å². The summed E-state index contributed by atoms with van der Waals surface area (Å²) in [5.74, 6) is 0. The molecule has 4 aliphatic rings. The Kier molecular flexibility index (Phi) is 23.2. The maximum Gasteiger partial charge on any atom is 0.179 e. The van der Waals surface area contributed by atoms with Crippen molar-refractivity contribution < 1.29 is 18.9 Å². The number of rotatable bonds is 28. The Labute approximate surface area is 460 Å². The first-order chi connectivity index (χ1) is 37.9. The molecule has 0 aromatic heterocycles. The van der Waals surface area contributed by atoms with Crippen molar-refractivity contribution in [3.05, 3.63) is 119 Å². The zero-order chi connectivity index (χ0) is 53.3. The summed E-state index contributed by atoms with van der Waals surface area (Å²) in [7, 11) is -3.02. The van der Waals surface area contributed by atoms with Gasteiger partial charge >= 0.3 is 0 Å². The average molecular weight is 1060 g/mol. The quantitative estimate of drug-likeness (QED) is 0.0242. The third-order valence-electron chi connectivity index (χ3n) is 14.8. The summed E-state index contributed by atoms with van der Waals surface area (Å²) in [4.78, 5) is 38.7. The van der Waals surface area contributed by atoms with Crippen molar-refractivity contribution in [1.82, 2.24) is 0 Å². The second kappa shape index (κ2) is 31.0. The minimum absolute atomic E-state index is 0.0765. The molecule has 0 radical (unpaired) electrons. The van der Waals surface area contributed by atoms with Crippen LogP contribution in [0, 0.1) is 0 Å². The van der Waals surface area contributed by atoms with Gasteiger partial charge in [-0.2, -0.15) is 0 Å². The second-order valence-corrected chi connectivity index (χ2v) is 24.8. The van der Waals surface area contributed by atoms with Gasteiger partial charge in [0.2, 0.25) is 0 Å². The van der Waals surface area contributed by atoms with Crippen molar-refractivity contribution in [2.45, 2.75) is 180 Å². The lowest BCUT2D eigenvalue weighted by Gasteiger charge is -2.34. The van der Waals surface area contributed by atoms with Crippen molar-refractivity contribution in [3.63, 3.8) is 0 Å². The van der Waals surface area contributed by atoms with E-state index in [1.807, 2.05) is 49.7 Å². The highest BCUT2D eigenvalue weighted by molar-refractivity contribution is 7.19. The molecule has 8 unspecified atom stereocenters. The molecule has 8 rings (SSSR count). The molecule has 0 aliphatic carbocycles. The fourth-order valence-electron chi connectivity index (χ4n) is 10.2. The van der Waals surface area contributed by atoms with Gasteiger partial charge in [-0.05, 0) is 94.4 Å². The normalized spacial score (nSPS) is 25.1. The highest BCUT2D eigenvalue weighted by atomic mass is 28.3. The van der Waals surface area contributed by atoms with Crippen molar-refractivity contribution in [1.29, 1.82) is 0 Å². The summed E-state index contributed by atoms with van der Waals surface area (Å²) in [5.41, 5.74) is 4.21. The Hall–Kier alpha value is -5.70. The van der Waals surface area contributed by atoms with Crippen LogP contribution in [-0.2, 0) is 18.9 Å². The fraction of sp³-hybridized carbons (Fsp3) is 0.500. The van der Waals surface area contributed by atoms with Gasteiger partial charge in [0.1, 0.15) is 24.9 Å². The van der Waals surface area contributed by atoms with Crippen LogP contribution in [0.2, 0.25) is 0 Å². The number of unbranched alkanes of at least 4 members (excludes halogenated alkanes) is 8. The van der Waals surface area contributed by atoms with Crippen molar-refractivity contribution in [2.24, 2.45) is 39.9 Å². The highest BCUT2D eigenvalue weighted by Crippen LogP contribution is 2.22. The molecule has 4 heterocycles. The zero-order valence-electron chi connectivity index (χ0n) is 46.3. The number of nitrogens with zero attached hydrogens (tertiary/aromatic N) is 8. The molecule has 4 saturated heterocycles. The van der Waals surface area contributed by atoms with Gasteiger partial charge in [0, 0.05) is 75.4 Å². The van der Waals surface area contributed by atoms with Gasteiger partial charge in [-0.1, -0.05) is 150 Å². The lowest BCUT2D eigenvalue weighted by Crippen LogP contribution is -2.74. The lowest BCUT2D eigenvalue weighted by molar-refractivity contribution is 0.117. The SMILES string of the molecule is CCCC/C=N/C1CC(N=Cc2ccc([Si](c3ccc(C=NC4COC(/N=C/CCCC)C4)cc3)(c3ccc(C=NC4COC(/N=C/CCCC)C4)cc3)c3ccc(C=NC4COC(/N=C/CCCC)C4)cc3)cc2)CO1. The molecular formula is C64H84N8O4Si. The molecule has 4 aliphatic heterocycles. The Morgan fingerprint density at radius 3 is 0.766 bits per heavy atom. The summed E-state index contributed by atoms with van der Waals surface area (Å²) in [6.45, 7) is 11.1. The van der Waals surface area contributed by atoms with Crippen LogP contribution in [-0.4, -0.2) is 133 Å². The lowest BCUT2D eigenvalue weighted by atomic mass is 10.2. The molecule has 0 N–H and O–H groups in total. The van der Waals surface area contributed by atoms with Crippen LogP contribution in [0.5, 0.6) is 0 Å². The van der Waals surface area contributed by atoms with Gasteiger partial charge in [-0.3, -0.25) is 39.9 Å². The predicted molar refractivity (Wildman–Crippen MR) is 325 cm³/mol. The average Bonchev–Trinajstić information content (AvgIpc) is 4.35. The van der Waals surface area contributed by atoms with Crippen LogP contribution in [0.15, 0.2) is 137 Å². The smallest absolute Gasteiger partial charge is 0.179 e. The molecule has 8 atom stereocenters. The Bertz CT molecular complexity index is 2250. The third kappa shape index (κ3) is 17.1. The number of hydrogen-bond acceptors (Lipinski definition) is 12. The summed E-state index contributed by atoms with van der Waals surface area (Å²) >= 11 is 0. The van der Waals surface area contributed by atoms with E-state index in [9.17, 15) is 0 Å². The largest absolute Gasteiger partial charge is 0.354 e. The van der Waals surface area contributed by atoms with Crippen LogP contribution in [0.1, 0.15) is 153 Å². The molecule has 4 fully saturated rings. The minimum atomic E-state index is -3.02. The van der Waals surface area contributed by atoms with Gasteiger partial charge in [-0.15, -0.1) is 0 Å². The van der Waals surface area contributed by atoms with Crippen molar-refractivity contribution in [2.75, 3.05) is 26.4 Å². The van der Waals surface area contributed by atoms with Gasteiger partial charge in [-0.25, -0.2) is 0 Å². The van der Waals surface area contributed by atoms with Crippen molar-refractivity contribution >= 4 is 78.5 Å². The van der Waals surface area contributed by atoms with Crippen LogP contribution in [0.3, 0.4) is 0 Å². The molecule has 4 aromatic rings. The van der Waals surface area contributed by atoms with Crippen LogP contribution >= 0.6 is 0 Å².